The Bertz CT molecular complexity index is 463. The molecule has 0 N–H and O–H groups in total. The first-order chi connectivity index (χ1) is 6.50. The number of hydrogen-bond donors (Lipinski definition) is 0. The Morgan fingerprint density at radius 3 is 2.57 bits per heavy atom. The van der Waals surface area contributed by atoms with Crippen molar-refractivity contribution in [1.29, 1.82) is 0 Å². The number of nitrogens with zero attached hydrogens (tertiary/aromatic N) is 3. The van der Waals surface area contributed by atoms with Gasteiger partial charge in [0.1, 0.15) is 5.82 Å². The molecule has 2 aromatic rings. The van der Waals surface area contributed by atoms with Crippen LogP contribution in [0.2, 0.25) is 0 Å². The quantitative estimate of drug-likeness (QED) is 0.636. The molecule has 0 aromatic carbocycles. The van der Waals surface area contributed by atoms with Crippen LogP contribution in [0, 0.1) is 0 Å². The van der Waals surface area contributed by atoms with Gasteiger partial charge in [0.25, 0.3) is 0 Å². The average Bonchev–Trinajstić information content (AvgIpc) is 2.44. The molecular formula is C11H15N3. The summed E-state index contributed by atoms with van der Waals surface area (Å²) in [4.78, 5) is 8.71. The molecule has 74 valence electrons. The summed E-state index contributed by atoms with van der Waals surface area (Å²) < 4.78 is 2.11. The third-order valence-electron chi connectivity index (χ3n) is 2.35. The Morgan fingerprint density at radius 1 is 1.29 bits per heavy atom. The number of aryl methyl sites for hydroxylation is 1. The second kappa shape index (κ2) is 2.80. The summed E-state index contributed by atoms with van der Waals surface area (Å²) >= 11 is 0. The van der Waals surface area contributed by atoms with Crippen LogP contribution in [0.5, 0.6) is 0 Å². The Kier molecular flexibility index (Phi) is 1.84. The minimum atomic E-state index is 0.0772. The van der Waals surface area contributed by atoms with Crippen molar-refractivity contribution >= 4 is 11.0 Å². The molecule has 3 heteroatoms. The molecule has 0 bridgehead atoms. The molecule has 2 aromatic heterocycles. The molecule has 3 nitrogen and oxygen atoms in total. The van der Waals surface area contributed by atoms with Crippen LogP contribution in [0.15, 0.2) is 18.5 Å². The van der Waals surface area contributed by atoms with Gasteiger partial charge in [-0.3, -0.25) is 4.98 Å². The summed E-state index contributed by atoms with van der Waals surface area (Å²) in [5.74, 6) is 1.10. The lowest BCUT2D eigenvalue weighted by atomic mass is 9.96. The minimum Gasteiger partial charge on any atom is -0.329 e. The molecule has 2 rings (SSSR count). The van der Waals surface area contributed by atoms with Crippen LogP contribution in [-0.2, 0) is 12.5 Å². The van der Waals surface area contributed by atoms with E-state index in [0.29, 0.717) is 0 Å². The van der Waals surface area contributed by atoms with Gasteiger partial charge in [-0.25, -0.2) is 4.98 Å². The number of rotatable bonds is 0. The van der Waals surface area contributed by atoms with Gasteiger partial charge in [-0.05, 0) is 6.07 Å². The lowest BCUT2D eigenvalue weighted by Crippen LogP contribution is -2.17. The zero-order valence-corrected chi connectivity index (χ0v) is 9.07. The Balaban J connectivity index is 2.75. The first-order valence-electron chi connectivity index (χ1n) is 4.77. The third-order valence-corrected chi connectivity index (χ3v) is 2.35. The number of imidazole rings is 1. The van der Waals surface area contributed by atoms with Gasteiger partial charge >= 0.3 is 0 Å². The molecule has 0 aliphatic heterocycles. The van der Waals surface area contributed by atoms with E-state index in [4.69, 9.17) is 0 Å². The fourth-order valence-electron chi connectivity index (χ4n) is 1.71. The smallest absolute Gasteiger partial charge is 0.115 e. The van der Waals surface area contributed by atoms with Crippen molar-refractivity contribution in [2.24, 2.45) is 7.05 Å². The van der Waals surface area contributed by atoms with E-state index in [1.807, 2.05) is 19.3 Å². The van der Waals surface area contributed by atoms with E-state index in [2.05, 4.69) is 35.3 Å². The van der Waals surface area contributed by atoms with Gasteiger partial charge in [-0.1, -0.05) is 20.8 Å². The first-order valence-corrected chi connectivity index (χ1v) is 4.77. The van der Waals surface area contributed by atoms with Crippen molar-refractivity contribution in [3.63, 3.8) is 0 Å². The number of fused-ring (bicyclic) bond motifs is 1. The summed E-state index contributed by atoms with van der Waals surface area (Å²) in [7, 11) is 2.04. The van der Waals surface area contributed by atoms with Gasteiger partial charge < -0.3 is 4.57 Å². The van der Waals surface area contributed by atoms with Crippen LogP contribution >= 0.6 is 0 Å². The van der Waals surface area contributed by atoms with Crippen LogP contribution in [0.25, 0.3) is 11.0 Å². The number of aromatic nitrogens is 3. The molecule has 2 heterocycles. The van der Waals surface area contributed by atoms with E-state index < -0.39 is 0 Å². The highest BCUT2D eigenvalue weighted by Crippen LogP contribution is 2.24. The Labute approximate surface area is 83.8 Å². The van der Waals surface area contributed by atoms with Gasteiger partial charge in [0.15, 0.2) is 0 Å². The molecule has 0 atom stereocenters. The van der Waals surface area contributed by atoms with Crippen LogP contribution in [-0.4, -0.2) is 14.5 Å². The second-order valence-corrected chi connectivity index (χ2v) is 4.61. The molecular weight excluding hydrogens is 174 g/mol. The summed E-state index contributed by atoms with van der Waals surface area (Å²) in [5.41, 5.74) is 2.19. The molecule has 0 unspecified atom stereocenters. The van der Waals surface area contributed by atoms with Crippen molar-refractivity contribution in [3.8, 4) is 0 Å². The van der Waals surface area contributed by atoms with Crippen LogP contribution < -0.4 is 0 Å². The molecule has 0 aliphatic rings. The normalized spacial score (nSPS) is 12.3. The zero-order valence-electron chi connectivity index (χ0n) is 9.07. The summed E-state index contributed by atoms with van der Waals surface area (Å²) in [6.07, 6.45) is 3.64. The lowest BCUT2D eigenvalue weighted by Gasteiger charge is -2.17. The van der Waals surface area contributed by atoms with Crippen molar-refractivity contribution in [1.82, 2.24) is 14.5 Å². The minimum absolute atomic E-state index is 0.0772. The van der Waals surface area contributed by atoms with E-state index >= 15 is 0 Å². The fourth-order valence-corrected chi connectivity index (χ4v) is 1.71. The Hall–Kier alpha value is -1.38. The van der Waals surface area contributed by atoms with Crippen LogP contribution in [0.1, 0.15) is 26.6 Å². The summed E-state index contributed by atoms with van der Waals surface area (Å²) in [6.45, 7) is 6.50. The maximum atomic E-state index is 4.61. The van der Waals surface area contributed by atoms with E-state index in [9.17, 15) is 0 Å². The van der Waals surface area contributed by atoms with E-state index in [-0.39, 0.29) is 5.41 Å². The SMILES string of the molecule is Cn1c(C(C)(C)C)nc2ccncc21. The van der Waals surface area contributed by atoms with E-state index in [1.54, 1.807) is 6.20 Å². The van der Waals surface area contributed by atoms with Gasteiger partial charge in [-0.2, -0.15) is 0 Å². The maximum Gasteiger partial charge on any atom is 0.115 e. The van der Waals surface area contributed by atoms with E-state index in [0.717, 1.165) is 16.9 Å². The predicted molar refractivity (Wildman–Crippen MR) is 57.2 cm³/mol. The van der Waals surface area contributed by atoms with Gasteiger partial charge in [0.05, 0.1) is 17.2 Å². The van der Waals surface area contributed by atoms with Crippen LogP contribution in [0.3, 0.4) is 0 Å². The van der Waals surface area contributed by atoms with Crippen molar-refractivity contribution < 1.29 is 0 Å². The monoisotopic (exact) mass is 189 g/mol. The third kappa shape index (κ3) is 1.29. The topological polar surface area (TPSA) is 30.7 Å². The van der Waals surface area contributed by atoms with Crippen molar-refractivity contribution in [2.75, 3.05) is 0 Å². The number of pyridine rings is 1. The molecule has 0 spiro atoms. The van der Waals surface area contributed by atoms with Crippen LogP contribution in [0.4, 0.5) is 0 Å². The highest BCUT2D eigenvalue weighted by Gasteiger charge is 2.20. The van der Waals surface area contributed by atoms with Gasteiger partial charge in [0.2, 0.25) is 0 Å². The molecule has 0 saturated carbocycles. The molecule has 0 saturated heterocycles. The zero-order chi connectivity index (χ0) is 10.3. The van der Waals surface area contributed by atoms with Crippen molar-refractivity contribution in [3.05, 3.63) is 24.3 Å². The fraction of sp³-hybridized carbons (Fsp3) is 0.455. The molecule has 14 heavy (non-hydrogen) atoms. The summed E-state index contributed by atoms with van der Waals surface area (Å²) in [5, 5.41) is 0. The standard InChI is InChI=1S/C11H15N3/c1-11(2,3)10-13-8-5-6-12-7-9(8)14(10)4/h5-7H,1-4H3. The second-order valence-electron chi connectivity index (χ2n) is 4.61. The number of hydrogen-bond acceptors (Lipinski definition) is 2. The first kappa shape index (κ1) is 9.19. The highest BCUT2D eigenvalue weighted by atomic mass is 15.1. The van der Waals surface area contributed by atoms with Gasteiger partial charge in [0, 0.05) is 18.7 Å². The lowest BCUT2D eigenvalue weighted by molar-refractivity contribution is 0.526. The van der Waals surface area contributed by atoms with E-state index in [1.165, 1.54) is 0 Å². The highest BCUT2D eigenvalue weighted by molar-refractivity contribution is 5.74. The molecule has 0 amide bonds. The van der Waals surface area contributed by atoms with Crippen molar-refractivity contribution in [2.45, 2.75) is 26.2 Å². The Morgan fingerprint density at radius 2 is 2.00 bits per heavy atom. The molecule has 0 aliphatic carbocycles. The maximum absolute atomic E-state index is 4.61. The summed E-state index contributed by atoms with van der Waals surface area (Å²) in [6, 6.07) is 1.95. The average molecular weight is 189 g/mol. The largest absolute Gasteiger partial charge is 0.329 e. The van der Waals surface area contributed by atoms with Gasteiger partial charge in [-0.15, -0.1) is 0 Å². The molecule has 0 radical (unpaired) electrons. The molecule has 0 fully saturated rings. The predicted octanol–water partition coefficient (Wildman–Crippen LogP) is 2.27.